The molecule has 1 heterocycles. The van der Waals surface area contributed by atoms with Crippen molar-refractivity contribution >= 4 is 21.7 Å². The molecule has 1 aromatic heterocycles. The number of alkyl halides is 2. The number of nitrogens with zero attached hydrogens (tertiary/aromatic N) is 1. The predicted octanol–water partition coefficient (Wildman–Crippen LogP) is 1.82. The zero-order valence-electron chi connectivity index (χ0n) is 6.60. The van der Waals surface area contributed by atoms with E-state index < -0.39 is 6.43 Å². The highest BCUT2D eigenvalue weighted by Crippen LogP contribution is 2.27. The third kappa shape index (κ3) is 2.13. The van der Waals surface area contributed by atoms with Gasteiger partial charge in [-0.1, -0.05) is 0 Å². The van der Waals surface area contributed by atoms with Gasteiger partial charge >= 0.3 is 0 Å². The number of pyridine rings is 1. The lowest BCUT2D eigenvalue weighted by molar-refractivity contribution is 0.149. The highest BCUT2D eigenvalue weighted by atomic mass is 79.9. The van der Waals surface area contributed by atoms with Gasteiger partial charge < -0.3 is 11.5 Å². The number of hydrogen-bond donors (Lipinski definition) is 2. The lowest BCUT2D eigenvalue weighted by Gasteiger charge is -2.07. The Kier molecular flexibility index (Phi) is 3.16. The summed E-state index contributed by atoms with van der Waals surface area (Å²) in [5.74, 6) is 0.171. The first-order chi connectivity index (χ1) is 6.06. The molecular formula is C7H8BrF2N3. The van der Waals surface area contributed by atoms with E-state index in [0.717, 1.165) is 0 Å². The van der Waals surface area contributed by atoms with Crippen LogP contribution in [-0.4, -0.2) is 4.98 Å². The minimum Gasteiger partial charge on any atom is -0.383 e. The summed E-state index contributed by atoms with van der Waals surface area (Å²) in [6.07, 6.45) is -2.58. The van der Waals surface area contributed by atoms with Crippen molar-refractivity contribution in [1.82, 2.24) is 4.98 Å². The first-order valence-corrected chi connectivity index (χ1v) is 4.28. The van der Waals surface area contributed by atoms with Crippen LogP contribution in [0.5, 0.6) is 0 Å². The quantitative estimate of drug-likeness (QED) is 0.843. The van der Waals surface area contributed by atoms with Crippen molar-refractivity contribution < 1.29 is 8.78 Å². The van der Waals surface area contributed by atoms with Crippen molar-refractivity contribution in [2.45, 2.75) is 13.0 Å². The molecule has 0 aliphatic rings. The van der Waals surface area contributed by atoms with Crippen LogP contribution in [0.15, 0.2) is 10.5 Å². The molecule has 0 saturated carbocycles. The summed E-state index contributed by atoms with van der Waals surface area (Å²) < 4.78 is 25.1. The van der Waals surface area contributed by atoms with Crippen LogP contribution in [0, 0.1) is 0 Å². The Morgan fingerprint density at radius 3 is 2.62 bits per heavy atom. The number of hydrogen-bond acceptors (Lipinski definition) is 3. The maximum atomic E-state index is 12.4. The number of halogens is 3. The molecule has 6 heteroatoms. The van der Waals surface area contributed by atoms with Crippen molar-refractivity contribution in [1.29, 1.82) is 0 Å². The topological polar surface area (TPSA) is 64.9 Å². The minimum atomic E-state index is -2.58. The summed E-state index contributed by atoms with van der Waals surface area (Å²) in [4.78, 5) is 3.74. The average Bonchev–Trinajstić information content (AvgIpc) is 2.08. The molecule has 0 unspecified atom stereocenters. The van der Waals surface area contributed by atoms with E-state index in [4.69, 9.17) is 11.5 Å². The Morgan fingerprint density at radius 2 is 2.15 bits per heavy atom. The molecular weight excluding hydrogens is 244 g/mol. The summed E-state index contributed by atoms with van der Waals surface area (Å²) in [5.41, 5.74) is 10.6. The zero-order valence-corrected chi connectivity index (χ0v) is 8.18. The van der Waals surface area contributed by atoms with E-state index in [1.165, 1.54) is 6.07 Å². The van der Waals surface area contributed by atoms with Crippen LogP contribution in [0.4, 0.5) is 14.6 Å². The van der Waals surface area contributed by atoms with Gasteiger partial charge in [-0.2, -0.15) is 0 Å². The second-order valence-corrected chi connectivity index (χ2v) is 3.25. The van der Waals surface area contributed by atoms with Crippen molar-refractivity contribution in [3.63, 3.8) is 0 Å². The number of rotatable bonds is 2. The Labute approximate surface area is 82.3 Å². The molecule has 0 spiro atoms. The van der Waals surface area contributed by atoms with E-state index in [2.05, 4.69) is 20.9 Å². The number of nitrogen functional groups attached to an aromatic ring is 1. The molecule has 4 N–H and O–H groups in total. The average molecular weight is 252 g/mol. The van der Waals surface area contributed by atoms with E-state index in [9.17, 15) is 8.78 Å². The highest BCUT2D eigenvalue weighted by molar-refractivity contribution is 9.10. The normalized spacial score (nSPS) is 10.8. The molecule has 0 atom stereocenters. The molecule has 3 nitrogen and oxygen atoms in total. The van der Waals surface area contributed by atoms with Crippen LogP contribution < -0.4 is 11.5 Å². The Hall–Kier alpha value is -0.750. The van der Waals surface area contributed by atoms with E-state index in [1.54, 1.807) is 0 Å². The summed E-state index contributed by atoms with van der Waals surface area (Å²) in [5, 5.41) is 0. The summed E-state index contributed by atoms with van der Waals surface area (Å²) in [6.45, 7) is -0.0445. The molecule has 0 fully saturated rings. The van der Waals surface area contributed by atoms with Crippen molar-refractivity contribution in [2.24, 2.45) is 5.73 Å². The molecule has 13 heavy (non-hydrogen) atoms. The van der Waals surface area contributed by atoms with Crippen LogP contribution in [-0.2, 0) is 6.54 Å². The fourth-order valence-electron chi connectivity index (χ4n) is 0.910. The van der Waals surface area contributed by atoms with E-state index in [0.29, 0.717) is 4.47 Å². The van der Waals surface area contributed by atoms with E-state index >= 15 is 0 Å². The molecule has 0 aliphatic heterocycles. The van der Waals surface area contributed by atoms with E-state index in [1.807, 2.05) is 0 Å². The molecule has 0 aliphatic carbocycles. The second kappa shape index (κ2) is 3.97. The smallest absolute Gasteiger partial charge is 0.265 e. The van der Waals surface area contributed by atoms with Gasteiger partial charge in [0.15, 0.2) is 0 Å². The third-order valence-electron chi connectivity index (χ3n) is 1.54. The maximum absolute atomic E-state index is 12.4. The van der Waals surface area contributed by atoms with Crippen molar-refractivity contribution in [3.8, 4) is 0 Å². The summed E-state index contributed by atoms with van der Waals surface area (Å²) in [6, 6.07) is 1.25. The number of aromatic nitrogens is 1. The Morgan fingerprint density at radius 1 is 1.54 bits per heavy atom. The number of nitrogens with two attached hydrogens (primary N) is 2. The summed E-state index contributed by atoms with van der Waals surface area (Å²) >= 11 is 3.02. The molecule has 0 amide bonds. The van der Waals surface area contributed by atoms with Crippen LogP contribution in [0.1, 0.15) is 17.7 Å². The van der Waals surface area contributed by atoms with Crippen LogP contribution in [0.2, 0.25) is 0 Å². The fourth-order valence-corrected chi connectivity index (χ4v) is 1.24. The SMILES string of the molecule is NCc1nc(N)c(Br)cc1C(F)F. The lowest BCUT2D eigenvalue weighted by atomic mass is 10.2. The standard InChI is InChI=1S/C7H8BrF2N3/c8-4-1-3(6(9)10)5(2-11)13-7(4)12/h1,6H,2,11H2,(H2,12,13). The highest BCUT2D eigenvalue weighted by Gasteiger charge is 2.15. The largest absolute Gasteiger partial charge is 0.383 e. The van der Waals surface area contributed by atoms with Crippen molar-refractivity contribution in [3.05, 3.63) is 21.8 Å². The van der Waals surface area contributed by atoms with E-state index in [-0.39, 0.29) is 23.6 Å². The molecule has 0 bridgehead atoms. The van der Waals surface area contributed by atoms with Gasteiger partial charge in [0.25, 0.3) is 6.43 Å². The monoisotopic (exact) mass is 251 g/mol. The lowest BCUT2D eigenvalue weighted by Crippen LogP contribution is -2.07. The molecule has 0 aromatic carbocycles. The van der Waals surface area contributed by atoms with Gasteiger partial charge in [-0.3, -0.25) is 0 Å². The number of anilines is 1. The van der Waals surface area contributed by atoms with Crippen LogP contribution in [0.25, 0.3) is 0 Å². The van der Waals surface area contributed by atoms with Crippen molar-refractivity contribution in [2.75, 3.05) is 5.73 Å². The van der Waals surface area contributed by atoms with Gasteiger partial charge in [0, 0.05) is 12.1 Å². The molecule has 0 saturated heterocycles. The molecule has 1 rings (SSSR count). The van der Waals surface area contributed by atoms with Gasteiger partial charge in [0.1, 0.15) is 5.82 Å². The minimum absolute atomic E-state index is 0.0445. The Balaban J connectivity index is 3.25. The second-order valence-electron chi connectivity index (χ2n) is 2.40. The molecule has 0 radical (unpaired) electrons. The first kappa shape index (κ1) is 10.3. The van der Waals surface area contributed by atoms with Gasteiger partial charge in [0.2, 0.25) is 0 Å². The fraction of sp³-hybridized carbons (Fsp3) is 0.286. The molecule has 1 aromatic rings. The maximum Gasteiger partial charge on any atom is 0.265 e. The zero-order chi connectivity index (χ0) is 10.0. The first-order valence-electron chi connectivity index (χ1n) is 3.49. The van der Waals surface area contributed by atoms with Gasteiger partial charge in [-0.25, -0.2) is 13.8 Å². The van der Waals surface area contributed by atoms with Gasteiger partial charge in [-0.15, -0.1) is 0 Å². The third-order valence-corrected chi connectivity index (χ3v) is 2.18. The summed E-state index contributed by atoms with van der Waals surface area (Å²) in [7, 11) is 0. The van der Waals surface area contributed by atoms with Crippen LogP contribution in [0.3, 0.4) is 0 Å². The van der Waals surface area contributed by atoms with Crippen LogP contribution >= 0.6 is 15.9 Å². The Bertz CT molecular complexity index is 317. The van der Waals surface area contributed by atoms with Gasteiger partial charge in [-0.05, 0) is 22.0 Å². The predicted molar refractivity (Wildman–Crippen MR) is 49.2 cm³/mol. The molecule has 72 valence electrons. The van der Waals surface area contributed by atoms with Gasteiger partial charge in [0.05, 0.1) is 10.2 Å².